The van der Waals surface area contributed by atoms with Gasteiger partial charge in [0.05, 0.1) is 21.8 Å². The highest BCUT2D eigenvalue weighted by Crippen LogP contribution is 2.25. The zero-order valence-electron chi connectivity index (χ0n) is 20.3. The number of benzene rings is 3. The lowest BCUT2D eigenvalue weighted by Crippen LogP contribution is -2.39. The molecule has 2 N–H and O–H groups in total. The van der Waals surface area contributed by atoms with Gasteiger partial charge in [-0.1, -0.05) is 67.3 Å². The van der Waals surface area contributed by atoms with Crippen LogP contribution in [-0.2, 0) is 14.8 Å². The van der Waals surface area contributed by atoms with Crippen molar-refractivity contribution in [3.8, 4) is 0 Å². The van der Waals surface area contributed by atoms with Gasteiger partial charge in [0.15, 0.2) is 0 Å². The second-order valence-electron chi connectivity index (χ2n) is 9.06. The molecule has 1 fully saturated rings. The van der Waals surface area contributed by atoms with E-state index in [0.29, 0.717) is 16.9 Å². The maximum absolute atomic E-state index is 13.5. The van der Waals surface area contributed by atoms with Crippen LogP contribution in [0.15, 0.2) is 83.8 Å². The maximum Gasteiger partial charge on any atom is 0.264 e. The average Bonchev–Trinajstić information content (AvgIpc) is 2.89. The Morgan fingerprint density at radius 1 is 0.861 bits per heavy atom. The van der Waals surface area contributed by atoms with Gasteiger partial charge in [-0.3, -0.25) is 13.9 Å². The van der Waals surface area contributed by atoms with Crippen molar-refractivity contribution in [1.82, 2.24) is 5.32 Å². The Balaban J connectivity index is 1.56. The van der Waals surface area contributed by atoms with Gasteiger partial charge in [0.1, 0.15) is 6.54 Å². The largest absolute Gasteiger partial charge is 0.349 e. The number of aryl methyl sites for hydroxylation is 1. The summed E-state index contributed by atoms with van der Waals surface area (Å²) in [5, 5.41) is 5.83. The summed E-state index contributed by atoms with van der Waals surface area (Å²) >= 11 is 0. The molecule has 0 aromatic heterocycles. The maximum atomic E-state index is 13.5. The van der Waals surface area contributed by atoms with Crippen molar-refractivity contribution in [3.63, 3.8) is 0 Å². The molecular formula is C28H31N3O4S. The Hall–Kier alpha value is -3.65. The monoisotopic (exact) mass is 505 g/mol. The summed E-state index contributed by atoms with van der Waals surface area (Å²) in [4.78, 5) is 26.2. The van der Waals surface area contributed by atoms with Gasteiger partial charge < -0.3 is 10.6 Å². The Morgan fingerprint density at radius 3 is 2.19 bits per heavy atom. The van der Waals surface area contributed by atoms with Gasteiger partial charge in [0.25, 0.3) is 15.9 Å². The first kappa shape index (κ1) is 25.4. The van der Waals surface area contributed by atoms with Crippen LogP contribution in [0.25, 0.3) is 0 Å². The SMILES string of the molecule is Cc1ccc(N(CC(=O)Nc2ccccc2C(=O)NC2CCCCC2)S(=O)(=O)c2ccccc2)cc1. The predicted molar refractivity (Wildman–Crippen MR) is 142 cm³/mol. The summed E-state index contributed by atoms with van der Waals surface area (Å²) in [6.45, 7) is 1.46. The first-order valence-corrected chi connectivity index (χ1v) is 13.6. The second-order valence-corrected chi connectivity index (χ2v) is 10.9. The van der Waals surface area contributed by atoms with E-state index in [1.165, 1.54) is 18.6 Å². The van der Waals surface area contributed by atoms with E-state index in [1.54, 1.807) is 66.7 Å². The molecule has 0 unspecified atom stereocenters. The molecule has 8 heteroatoms. The smallest absolute Gasteiger partial charge is 0.264 e. The lowest BCUT2D eigenvalue weighted by atomic mass is 9.95. The molecule has 1 aliphatic carbocycles. The van der Waals surface area contributed by atoms with Gasteiger partial charge >= 0.3 is 0 Å². The van der Waals surface area contributed by atoms with Crippen molar-refractivity contribution in [3.05, 3.63) is 90.0 Å². The fraction of sp³-hybridized carbons (Fsp3) is 0.286. The van der Waals surface area contributed by atoms with Crippen LogP contribution < -0.4 is 14.9 Å². The van der Waals surface area contributed by atoms with Crippen molar-refractivity contribution in [2.24, 2.45) is 0 Å². The van der Waals surface area contributed by atoms with Crippen molar-refractivity contribution in [2.45, 2.75) is 50.0 Å². The molecule has 0 atom stereocenters. The van der Waals surface area contributed by atoms with E-state index in [9.17, 15) is 18.0 Å². The van der Waals surface area contributed by atoms with Gasteiger partial charge in [-0.15, -0.1) is 0 Å². The average molecular weight is 506 g/mol. The van der Waals surface area contributed by atoms with Crippen LogP contribution in [0, 0.1) is 6.92 Å². The van der Waals surface area contributed by atoms with E-state index in [-0.39, 0.29) is 16.8 Å². The van der Waals surface area contributed by atoms with Gasteiger partial charge in [-0.2, -0.15) is 0 Å². The molecule has 188 valence electrons. The second kappa shape index (κ2) is 11.4. The van der Waals surface area contributed by atoms with E-state index >= 15 is 0 Å². The number of carbonyl (C=O) groups excluding carboxylic acids is 2. The highest BCUT2D eigenvalue weighted by Gasteiger charge is 2.28. The Bertz CT molecular complexity index is 1300. The molecule has 0 radical (unpaired) electrons. The Morgan fingerprint density at radius 2 is 1.50 bits per heavy atom. The third-order valence-electron chi connectivity index (χ3n) is 6.33. The number of carbonyl (C=O) groups is 2. The number of para-hydroxylation sites is 1. The Labute approximate surface area is 212 Å². The molecule has 1 saturated carbocycles. The topological polar surface area (TPSA) is 95.6 Å². The summed E-state index contributed by atoms with van der Waals surface area (Å²) in [6.07, 6.45) is 5.26. The number of nitrogens with zero attached hydrogens (tertiary/aromatic N) is 1. The third kappa shape index (κ3) is 6.12. The number of nitrogens with one attached hydrogen (secondary N) is 2. The number of sulfonamides is 1. The summed E-state index contributed by atoms with van der Waals surface area (Å²) < 4.78 is 28.1. The van der Waals surface area contributed by atoms with Crippen LogP contribution in [0.2, 0.25) is 0 Å². The minimum atomic E-state index is -4.01. The molecule has 0 saturated heterocycles. The van der Waals surface area contributed by atoms with Gasteiger partial charge in [0, 0.05) is 6.04 Å². The molecule has 0 bridgehead atoms. The molecule has 0 aliphatic heterocycles. The molecule has 36 heavy (non-hydrogen) atoms. The number of hydrogen-bond acceptors (Lipinski definition) is 4. The predicted octanol–water partition coefficient (Wildman–Crippen LogP) is 4.89. The molecule has 0 heterocycles. The van der Waals surface area contributed by atoms with E-state index in [2.05, 4.69) is 10.6 Å². The highest BCUT2D eigenvalue weighted by atomic mass is 32.2. The molecule has 1 aliphatic rings. The third-order valence-corrected chi connectivity index (χ3v) is 8.11. The number of anilines is 2. The number of rotatable bonds is 8. The number of hydrogen-bond donors (Lipinski definition) is 2. The molecule has 7 nitrogen and oxygen atoms in total. The van der Waals surface area contributed by atoms with Crippen molar-refractivity contribution in [2.75, 3.05) is 16.2 Å². The van der Waals surface area contributed by atoms with Crippen molar-refractivity contribution in [1.29, 1.82) is 0 Å². The fourth-order valence-electron chi connectivity index (χ4n) is 4.37. The van der Waals surface area contributed by atoms with Gasteiger partial charge in [-0.25, -0.2) is 8.42 Å². The normalized spacial score (nSPS) is 14.1. The lowest BCUT2D eigenvalue weighted by Gasteiger charge is -2.25. The summed E-state index contributed by atoms with van der Waals surface area (Å²) in [5.41, 5.74) is 2.04. The minimum absolute atomic E-state index is 0.0886. The zero-order valence-corrected chi connectivity index (χ0v) is 21.1. The van der Waals surface area contributed by atoms with Crippen LogP contribution >= 0.6 is 0 Å². The summed E-state index contributed by atoms with van der Waals surface area (Å²) in [5.74, 6) is -0.793. The molecule has 4 rings (SSSR count). The fourth-order valence-corrected chi connectivity index (χ4v) is 5.81. The molecule has 3 aromatic carbocycles. The van der Waals surface area contributed by atoms with Crippen LogP contribution in [0.1, 0.15) is 48.0 Å². The summed E-state index contributed by atoms with van der Waals surface area (Å²) in [7, 11) is -4.01. The van der Waals surface area contributed by atoms with Crippen LogP contribution in [0.4, 0.5) is 11.4 Å². The summed E-state index contributed by atoms with van der Waals surface area (Å²) in [6, 6.07) is 21.9. The zero-order chi connectivity index (χ0) is 25.5. The standard InChI is InChI=1S/C28H31N3O4S/c1-21-16-18-23(19-17-21)31(36(34,35)24-12-6-3-7-13-24)20-27(32)30-26-15-9-8-14-25(26)28(33)29-22-10-4-2-5-11-22/h3,6-9,12-19,22H,2,4-5,10-11,20H2,1H3,(H,29,33)(H,30,32). The number of amides is 2. The van der Waals surface area contributed by atoms with E-state index in [0.717, 1.165) is 35.6 Å². The van der Waals surface area contributed by atoms with Crippen molar-refractivity contribution >= 4 is 33.2 Å². The lowest BCUT2D eigenvalue weighted by molar-refractivity contribution is -0.114. The molecule has 0 spiro atoms. The van der Waals surface area contributed by atoms with Crippen LogP contribution in [-0.4, -0.2) is 32.8 Å². The van der Waals surface area contributed by atoms with Gasteiger partial charge in [-0.05, 0) is 56.2 Å². The molecular weight excluding hydrogens is 474 g/mol. The Kier molecular flexibility index (Phi) is 8.05. The van der Waals surface area contributed by atoms with E-state index in [1.807, 2.05) is 6.92 Å². The van der Waals surface area contributed by atoms with Crippen LogP contribution in [0.5, 0.6) is 0 Å². The molecule has 2 amide bonds. The molecule has 3 aromatic rings. The van der Waals surface area contributed by atoms with Crippen LogP contribution in [0.3, 0.4) is 0 Å². The first-order chi connectivity index (χ1) is 17.3. The quantitative estimate of drug-likeness (QED) is 0.456. The van der Waals surface area contributed by atoms with Gasteiger partial charge in [0.2, 0.25) is 5.91 Å². The van der Waals surface area contributed by atoms with E-state index in [4.69, 9.17) is 0 Å². The minimum Gasteiger partial charge on any atom is -0.349 e. The first-order valence-electron chi connectivity index (χ1n) is 12.2. The van der Waals surface area contributed by atoms with E-state index < -0.39 is 22.5 Å². The highest BCUT2D eigenvalue weighted by molar-refractivity contribution is 7.92. The van der Waals surface area contributed by atoms with Crippen molar-refractivity contribution < 1.29 is 18.0 Å².